The molecule has 4 N–H and O–H groups in total. The predicted octanol–water partition coefficient (Wildman–Crippen LogP) is 1.41. The molecule has 0 aliphatic carbocycles. The van der Waals surface area contributed by atoms with E-state index in [0.717, 1.165) is 11.1 Å². The second kappa shape index (κ2) is 7.57. The van der Waals surface area contributed by atoms with Gasteiger partial charge in [0.1, 0.15) is 0 Å². The largest absolute Gasteiger partial charge is 0.394 e. The highest BCUT2D eigenvalue weighted by atomic mass is 16.3. The van der Waals surface area contributed by atoms with E-state index >= 15 is 0 Å². The van der Waals surface area contributed by atoms with Gasteiger partial charge >= 0.3 is 0 Å². The van der Waals surface area contributed by atoms with Crippen molar-refractivity contribution >= 4 is 5.91 Å². The molecule has 21 heavy (non-hydrogen) atoms. The lowest BCUT2D eigenvalue weighted by atomic mass is 10.0. The van der Waals surface area contributed by atoms with Gasteiger partial charge in [-0.05, 0) is 17.5 Å². The van der Waals surface area contributed by atoms with Gasteiger partial charge in [-0.25, -0.2) is 0 Å². The first-order valence-corrected chi connectivity index (χ1v) is 6.96. The Labute approximate surface area is 124 Å². The number of aliphatic hydroxyl groups is 1. The number of carbonyl (C=O) groups is 1. The summed E-state index contributed by atoms with van der Waals surface area (Å²) in [4.78, 5) is 12.1. The molecule has 4 heteroatoms. The second-order valence-electron chi connectivity index (χ2n) is 4.95. The Morgan fingerprint density at radius 3 is 2.19 bits per heavy atom. The van der Waals surface area contributed by atoms with Crippen LogP contribution in [0.3, 0.4) is 0 Å². The van der Waals surface area contributed by atoms with Crippen molar-refractivity contribution in [1.82, 2.24) is 5.32 Å². The molecule has 0 aliphatic heterocycles. The molecule has 0 bridgehead atoms. The lowest BCUT2D eigenvalue weighted by molar-refractivity contribution is -0.123. The molecule has 2 aromatic carbocycles. The van der Waals surface area contributed by atoms with Crippen molar-refractivity contribution < 1.29 is 9.90 Å². The normalized spacial score (nSPS) is 13.4. The number of amides is 1. The summed E-state index contributed by atoms with van der Waals surface area (Å²) < 4.78 is 0. The zero-order chi connectivity index (χ0) is 15.1. The summed E-state index contributed by atoms with van der Waals surface area (Å²) in [5, 5.41) is 12.2. The summed E-state index contributed by atoms with van der Waals surface area (Å²) in [5.74, 6) is -0.262. The summed E-state index contributed by atoms with van der Waals surface area (Å²) in [6.45, 7) is -0.159. The quantitative estimate of drug-likeness (QED) is 0.750. The van der Waals surface area contributed by atoms with Crippen LogP contribution in [0.4, 0.5) is 0 Å². The number of nitrogens with two attached hydrogens (primary N) is 1. The van der Waals surface area contributed by atoms with Gasteiger partial charge in [-0.2, -0.15) is 0 Å². The molecule has 0 aliphatic rings. The highest BCUT2D eigenvalue weighted by Crippen LogP contribution is 2.12. The van der Waals surface area contributed by atoms with E-state index in [1.165, 1.54) is 0 Å². The molecule has 0 aromatic heterocycles. The molecule has 2 atom stereocenters. The molecule has 0 radical (unpaired) electrons. The molecule has 0 saturated carbocycles. The lowest BCUT2D eigenvalue weighted by Gasteiger charge is -2.19. The van der Waals surface area contributed by atoms with Crippen molar-refractivity contribution in [2.75, 3.05) is 6.61 Å². The summed E-state index contributed by atoms with van der Waals surface area (Å²) in [6.07, 6.45) is 0.472. The second-order valence-corrected chi connectivity index (χ2v) is 4.95. The molecule has 1 amide bonds. The van der Waals surface area contributed by atoms with Gasteiger partial charge < -0.3 is 16.2 Å². The monoisotopic (exact) mass is 284 g/mol. The van der Waals surface area contributed by atoms with Crippen LogP contribution in [0.1, 0.15) is 17.2 Å². The number of aliphatic hydroxyl groups excluding tert-OH is 1. The number of benzene rings is 2. The van der Waals surface area contributed by atoms with Crippen LogP contribution in [0.15, 0.2) is 60.7 Å². The van der Waals surface area contributed by atoms with Crippen LogP contribution in [0.5, 0.6) is 0 Å². The number of hydrogen-bond acceptors (Lipinski definition) is 3. The minimum Gasteiger partial charge on any atom is -0.394 e. The molecule has 0 unspecified atom stereocenters. The van der Waals surface area contributed by atoms with E-state index in [4.69, 9.17) is 5.73 Å². The molecular weight excluding hydrogens is 264 g/mol. The van der Waals surface area contributed by atoms with E-state index in [2.05, 4.69) is 5.32 Å². The molecule has 110 valence electrons. The SMILES string of the molecule is N[C@H](Cc1ccccc1)C(=O)N[C@@H](CO)c1ccccc1. The maximum absolute atomic E-state index is 12.1. The molecule has 4 nitrogen and oxygen atoms in total. The van der Waals surface area contributed by atoms with E-state index in [1.807, 2.05) is 60.7 Å². The number of rotatable bonds is 6. The Morgan fingerprint density at radius 1 is 1.05 bits per heavy atom. The average molecular weight is 284 g/mol. The third-order valence-corrected chi connectivity index (χ3v) is 3.34. The van der Waals surface area contributed by atoms with Crippen LogP contribution >= 0.6 is 0 Å². The van der Waals surface area contributed by atoms with Crippen LogP contribution in [0.2, 0.25) is 0 Å². The number of nitrogens with one attached hydrogen (secondary N) is 1. The van der Waals surface area contributed by atoms with Crippen LogP contribution in [0.25, 0.3) is 0 Å². The van der Waals surface area contributed by atoms with Crippen LogP contribution in [-0.4, -0.2) is 23.7 Å². The van der Waals surface area contributed by atoms with Crippen molar-refractivity contribution in [2.24, 2.45) is 5.73 Å². The van der Waals surface area contributed by atoms with Gasteiger partial charge in [-0.15, -0.1) is 0 Å². The topological polar surface area (TPSA) is 75.4 Å². The van der Waals surface area contributed by atoms with Crippen molar-refractivity contribution in [3.8, 4) is 0 Å². The van der Waals surface area contributed by atoms with Gasteiger partial charge in [0.15, 0.2) is 0 Å². The van der Waals surface area contributed by atoms with Crippen molar-refractivity contribution in [2.45, 2.75) is 18.5 Å². The summed E-state index contributed by atoms with van der Waals surface area (Å²) in [7, 11) is 0. The van der Waals surface area contributed by atoms with Gasteiger partial charge in [0.2, 0.25) is 5.91 Å². The average Bonchev–Trinajstić information content (AvgIpc) is 2.54. The molecule has 0 fully saturated rings. The molecule has 0 heterocycles. The molecule has 0 spiro atoms. The Bertz CT molecular complexity index is 558. The maximum Gasteiger partial charge on any atom is 0.237 e. The van der Waals surface area contributed by atoms with Gasteiger partial charge in [0.25, 0.3) is 0 Å². The summed E-state index contributed by atoms with van der Waals surface area (Å²) >= 11 is 0. The minimum atomic E-state index is -0.634. The fourth-order valence-electron chi connectivity index (χ4n) is 2.16. The Balaban J connectivity index is 1.96. The maximum atomic E-state index is 12.1. The van der Waals surface area contributed by atoms with E-state index in [-0.39, 0.29) is 12.5 Å². The van der Waals surface area contributed by atoms with Crippen LogP contribution in [0, 0.1) is 0 Å². The van der Waals surface area contributed by atoms with Crippen LogP contribution < -0.4 is 11.1 Å². The Morgan fingerprint density at radius 2 is 1.62 bits per heavy atom. The third-order valence-electron chi connectivity index (χ3n) is 3.34. The minimum absolute atomic E-state index is 0.159. The smallest absolute Gasteiger partial charge is 0.237 e. The van der Waals surface area contributed by atoms with E-state index in [9.17, 15) is 9.90 Å². The first kappa shape index (κ1) is 15.2. The zero-order valence-electron chi connectivity index (χ0n) is 11.8. The number of hydrogen-bond donors (Lipinski definition) is 3. The molecule has 0 saturated heterocycles. The predicted molar refractivity (Wildman–Crippen MR) is 82.5 cm³/mol. The van der Waals surface area contributed by atoms with E-state index < -0.39 is 12.1 Å². The van der Waals surface area contributed by atoms with E-state index in [0.29, 0.717) is 6.42 Å². The highest BCUT2D eigenvalue weighted by molar-refractivity contribution is 5.82. The van der Waals surface area contributed by atoms with Gasteiger partial charge in [0.05, 0.1) is 18.7 Å². The molecule has 2 rings (SSSR count). The van der Waals surface area contributed by atoms with Gasteiger partial charge in [-0.1, -0.05) is 60.7 Å². The number of carbonyl (C=O) groups excluding carboxylic acids is 1. The molecule has 2 aromatic rings. The van der Waals surface area contributed by atoms with Gasteiger partial charge in [-0.3, -0.25) is 4.79 Å². The summed E-state index contributed by atoms with van der Waals surface area (Å²) in [5.41, 5.74) is 7.81. The van der Waals surface area contributed by atoms with Crippen molar-refractivity contribution in [3.63, 3.8) is 0 Å². The summed E-state index contributed by atoms with van der Waals surface area (Å²) in [6, 6.07) is 17.9. The van der Waals surface area contributed by atoms with E-state index in [1.54, 1.807) is 0 Å². The Kier molecular flexibility index (Phi) is 5.49. The molecular formula is C17H20N2O2. The highest BCUT2D eigenvalue weighted by Gasteiger charge is 2.19. The van der Waals surface area contributed by atoms with Crippen molar-refractivity contribution in [1.29, 1.82) is 0 Å². The first-order valence-electron chi connectivity index (χ1n) is 6.96. The fourth-order valence-corrected chi connectivity index (χ4v) is 2.16. The Hall–Kier alpha value is -2.17. The standard InChI is InChI=1S/C17H20N2O2/c18-15(11-13-7-3-1-4-8-13)17(21)19-16(12-20)14-9-5-2-6-10-14/h1-10,15-16,20H,11-12,18H2,(H,19,21)/t15-,16+/m1/s1. The zero-order valence-corrected chi connectivity index (χ0v) is 11.8. The third kappa shape index (κ3) is 4.41. The van der Waals surface area contributed by atoms with Crippen LogP contribution in [-0.2, 0) is 11.2 Å². The first-order chi connectivity index (χ1) is 10.2. The fraction of sp³-hybridized carbons (Fsp3) is 0.235. The lowest BCUT2D eigenvalue weighted by Crippen LogP contribution is -2.44. The van der Waals surface area contributed by atoms with Gasteiger partial charge in [0, 0.05) is 0 Å². The van der Waals surface area contributed by atoms with Crippen molar-refractivity contribution in [3.05, 3.63) is 71.8 Å².